The Hall–Kier alpha value is -1.92. The van der Waals surface area contributed by atoms with E-state index in [-0.39, 0.29) is 5.25 Å². The average Bonchev–Trinajstić information content (AvgIpc) is 2.61. The summed E-state index contributed by atoms with van der Waals surface area (Å²) >= 11 is 0. The summed E-state index contributed by atoms with van der Waals surface area (Å²) in [6.07, 6.45) is 4.06. The lowest BCUT2D eigenvalue weighted by molar-refractivity contribution is 0.232. The zero-order valence-electron chi connectivity index (χ0n) is 13.6. The first-order valence-corrected chi connectivity index (χ1v) is 9.82. The largest absolute Gasteiger partial charge is 0.399 e. The summed E-state index contributed by atoms with van der Waals surface area (Å²) in [6.45, 7) is 2.54. The summed E-state index contributed by atoms with van der Waals surface area (Å²) in [5, 5.41) is -0.299. The topological polar surface area (TPSA) is 76.3 Å². The summed E-state index contributed by atoms with van der Waals surface area (Å²) in [4.78, 5) is 7.03. The highest BCUT2D eigenvalue weighted by Crippen LogP contribution is 2.25. The van der Waals surface area contributed by atoms with Crippen molar-refractivity contribution in [3.8, 4) is 0 Å². The molecule has 0 bridgehead atoms. The standard InChI is InChI=1S/C18H23N3O2S/c19-15-4-6-17(7-5-15)24(22,23)18-9-13-21(14-10-18)12-8-16-3-1-2-11-20-16/h1-7,11,18H,8-10,12-14,19H2. The number of rotatable bonds is 5. The Morgan fingerprint density at radius 1 is 1.08 bits per heavy atom. The molecule has 1 aliphatic heterocycles. The average molecular weight is 345 g/mol. The lowest BCUT2D eigenvalue weighted by Crippen LogP contribution is -2.40. The fourth-order valence-corrected chi connectivity index (χ4v) is 4.84. The highest BCUT2D eigenvalue weighted by atomic mass is 32.2. The number of hydrogen-bond acceptors (Lipinski definition) is 5. The quantitative estimate of drug-likeness (QED) is 0.840. The maximum absolute atomic E-state index is 12.7. The third-order valence-electron chi connectivity index (χ3n) is 4.59. The van der Waals surface area contributed by atoms with Crippen molar-refractivity contribution < 1.29 is 8.42 Å². The third kappa shape index (κ3) is 3.94. The van der Waals surface area contributed by atoms with Gasteiger partial charge in [0.25, 0.3) is 0 Å². The molecule has 1 aromatic carbocycles. The van der Waals surface area contributed by atoms with E-state index in [1.165, 1.54) is 0 Å². The van der Waals surface area contributed by atoms with Crippen molar-refractivity contribution in [2.45, 2.75) is 29.4 Å². The Morgan fingerprint density at radius 2 is 1.79 bits per heavy atom. The molecular formula is C18H23N3O2S. The van der Waals surface area contributed by atoms with Gasteiger partial charge in [-0.3, -0.25) is 4.98 Å². The molecule has 24 heavy (non-hydrogen) atoms. The van der Waals surface area contributed by atoms with Gasteiger partial charge in [0.1, 0.15) is 0 Å². The molecule has 2 N–H and O–H groups in total. The Labute approximate surface area is 143 Å². The van der Waals surface area contributed by atoms with Gasteiger partial charge in [0, 0.05) is 30.5 Å². The molecule has 1 saturated heterocycles. The molecule has 1 aliphatic rings. The maximum atomic E-state index is 12.7. The second-order valence-electron chi connectivity index (χ2n) is 6.23. The van der Waals surface area contributed by atoms with E-state index in [0.717, 1.165) is 31.7 Å². The molecule has 0 spiro atoms. The first kappa shape index (κ1) is 16.9. The Bertz CT molecular complexity index is 753. The van der Waals surface area contributed by atoms with E-state index in [0.29, 0.717) is 23.4 Å². The van der Waals surface area contributed by atoms with Crippen LogP contribution < -0.4 is 5.73 Å². The van der Waals surface area contributed by atoms with Crippen LogP contribution in [0, 0.1) is 0 Å². The van der Waals surface area contributed by atoms with Crippen molar-refractivity contribution in [2.24, 2.45) is 0 Å². The smallest absolute Gasteiger partial charge is 0.181 e. The van der Waals surface area contributed by atoms with Crippen molar-refractivity contribution in [1.29, 1.82) is 0 Å². The molecule has 1 aromatic heterocycles. The molecule has 1 fully saturated rings. The SMILES string of the molecule is Nc1ccc(S(=O)(=O)C2CCN(CCc3ccccn3)CC2)cc1. The first-order valence-electron chi connectivity index (χ1n) is 8.27. The van der Waals surface area contributed by atoms with E-state index < -0.39 is 9.84 Å². The normalized spacial score (nSPS) is 17.0. The predicted molar refractivity (Wildman–Crippen MR) is 95.4 cm³/mol. The Morgan fingerprint density at radius 3 is 2.42 bits per heavy atom. The highest BCUT2D eigenvalue weighted by Gasteiger charge is 2.31. The zero-order valence-corrected chi connectivity index (χ0v) is 14.5. The predicted octanol–water partition coefficient (Wildman–Crippen LogP) is 2.14. The van der Waals surface area contributed by atoms with Gasteiger partial charge in [0.2, 0.25) is 0 Å². The number of benzene rings is 1. The van der Waals surface area contributed by atoms with E-state index >= 15 is 0 Å². The molecule has 6 heteroatoms. The molecule has 2 heterocycles. The molecule has 3 rings (SSSR count). The van der Waals surface area contributed by atoms with Crippen LogP contribution in [0.15, 0.2) is 53.6 Å². The van der Waals surface area contributed by atoms with Crippen molar-refractivity contribution in [3.63, 3.8) is 0 Å². The van der Waals surface area contributed by atoms with Crippen molar-refractivity contribution in [3.05, 3.63) is 54.4 Å². The van der Waals surface area contributed by atoms with E-state index in [4.69, 9.17) is 5.73 Å². The van der Waals surface area contributed by atoms with Crippen LogP contribution in [-0.4, -0.2) is 43.2 Å². The number of sulfone groups is 1. The Balaban J connectivity index is 1.55. The highest BCUT2D eigenvalue weighted by molar-refractivity contribution is 7.92. The van der Waals surface area contributed by atoms with Crippen molar-refractivity contribution in [2.75, 3.05) is 25.4 Å². The lowest BCUT2D eigenvalue weighted by Gasteiger charge is -2.31. The van der Waals surface area contributed by atoms with E-state index in [2.05, 4.69) is 9.88 Å². The molecule has 0 aliphatic carbocycles. The number of anilines is 1. The van der Waals surface area contributed by atoms with Crippen LogP contribution >= 0.6 is 0 Å². The monoisotopic (exact) mass is 345 g/mol. The summed E-state index contributed by atoms with van der Waals surface area (Å²) in [7, 11) is -3.26. The third-order valence-corrected chi connectivity index (χ3v) is 6.87. The van der Waals surface area contributed by atoms with E-state index in [9.17, 15) is 8.42 Å². The number of aromatic nitrogens is 1. The van der Waals surface area contributed by atoms with Gasteiger partial charge in [-0.2, -0.15) is 0 Å². The summed E-state index contributed by atoms with van der Waals surface area (Å²) in [5.41, 5.74) is 7.30. The van der Waals surface area contributed by atoms with Crippen molar-refractivity contribution >= 4 is 15.5 Å². The zero-order chi connectivity index (χ0) is 17.0. The minimum Gasteiger partial charge on any atom is -0.399 e. The van der Waals surface area contributed by atoms with Crippen LogP contribution in [0.5, 0.6) is 0 Å². The first-order chi connectivity index (χ1) is 11.6. The molecule has 128 valence electrons. The number of nitrogens with two attached hydrogens (primary N) is 1. The molecule has 0 unspecified atom stereocenters. The van der Waals surface area contributed by atoms with Gasteiger partial charge >= 0.3 is 0 Å². The van der Waals surface area contributed by atoms with Gasteiger partial charge in [-0.05, 0) is 62.3 Å². The van der Waals surface area contributed by atoms with Crippen LogP contribution in [0.4, 0.5) is 5.69 Å². The summed E-state index contributed by atoms with van der Waals surface area (Å²) in [5.74, 6) is 0. The van der Waals surface area contributed by atoms with E-state index in [1.54, 1.807) is 30.5 Å². The van der Waals surface area contributed by atoms with Gasteiger partial charge in [-0.1, -0.05) is 6.07 Å². The van der Waals surface area contributed by atoms with Gasteiger partial charge in [0.05, 0.1) is 10.1 Å². The van der Waals surface area contributed by atoms with E-state index in [1.807, 2.05) is 18.2 Å². The van der Waals surface area contributed by atoms with Gasteiger partial charge in [0.15, 0.2) is 9.84 Å². The van der Waals surface area contributed by atoms with Crippen LogP contribution in [0.3, 0.4) is 0 Å². The van der Waals surface area contributed by atoms with Crippen LogP contribution in [-0.2, 0) is 16.3 Å². The second-order valence-corrected chi connectivity index (χ2v) is 8.45. The Kier molecular flexibility index (Phi) is 5.16. The van der Waals surface area contributed by atoms with Gasteiger partial charge < -0.3 is 10.6 Å². The number of nitrogen functional groups attached to an aromatic ring is 1. The molecule has 0 saturated carbocycles. The number of hydrogen-bond donors (Lipinski definition) is 1. The summed E-state index contributed by atoms with van der Waals surface area (Å²) in [6, 6.07) is 12.4. The molecular weight excluding hydrogens is 322 g/mol. The molecule has 0 atom stereocenters. The minimum atomic E-state index is -3.26. The maximum Gasteiger partial charge on any atom is 0.181 e. The van der Waals surface area contributed by atoms with Crippen LogP contribution in [0.1, 0.15) is 18.5 Å². The number of pyridine rings is 1. The fourth-order valence-electron chi connectivity index (χ4n) is 3.11. The minimum absolute atomic E-state index is 0.299. The molecule has 0 radical (unpaired) electrons. The number of likely N-dealkylation sites (tertiary alicyclic amines) is 1. The molecule has 0 amide bonds. The summed E-state index contributed by atoms with van der Waals surface area (Å²) < 4.78 is 25.4. The van der Waals surface area contributed by atoms with Gasteiger partial charge in [-0.15, -0.1) is 0 Å². The second kappa shape index (κ2) is 7.32. The van der Waals surface area contributed by atoms with Gasteiger partial charge in [-0.25, -0.2) is 8.42 Å². The van der Waals surface area contributed by atoms with Crippen molar-refractivity contribution in [1.82, 2.24) is 9.88 Å². The van der Waals surface area contributed by atoms with Crippen LogP contribution in [0.25, 0.3) is 0 Å². The number of piperidine rings is 1. The lowest BCUT2D eigenvalue weighted by atomic mass is 10.1. The molecule has 5 nitrogen and oxygen atoms in total. The fraction of sp³-hybridized carbons (Fsp3) is 0.389. The molecule has 2 aromatic rings. The van der Waals surface area contributed by atoms with Crippen LogP contribution in [0.2, 0.25) is 0 Å². The number of nitrogens with zero attached hydrogens (tertiary/aromatic N) is 2.